The molecule has 0 aliphatic heterocycles. The van der Waals surface area contributed by atoms with Crippen molar-refractivity contribution in [2.45, 2.75) is 50.4 Å². The largest absolute Gasteiger partial charge is 0.395 e. The van der Waals surface area contributed by atoms with Crippen LogP contribution in [0.3, 0.4) is 0 Å². The molecular formula is C11H24N2O2S. The molecule has 3 atom stereocenters. The fourth-order valence-corrected chi connectivity index (χ4v) is 2.16. The van der Waals surface area contributed by atoms with Crippen LogP contribution >= 0.6 is 11.8 Å². The first kappa shape index (κ1) is 15.7. The number of nitrogens with two attached hydrogens (primary N) is 1. The number of aliphatic hydroxyl groups excluding tert-OH is 1. The first-order chi connectivity index (χ1) is 7.38. The van der Waals surface area contributed by atoms with E-state index in [2.05, 4.69) is 5.32 Å². The summed E-state index contributed by atoms with van der Waals surface area (Å²) in [6.45, 7) is 5.68. The number of nitrogens with one attached hydrogen (secondary N) is 1. The van der Waals surface area contributed by atoms with E-state index in [0.717, 1.165) is 6.42 Å². The zero-order valence-corrected chi connectivity index (χ0v) is 11.4. The number of hydrogen-bond acceptors (Lipinski definition) is 4. The minimum Gasteiger partial charge on any atom is -0.395 e. The quantitative estimate of drug-likeness (QED) is 0.621. The van der Waals surface area contributed by atoms with Crippen molar-refractivity contribution in [2.24, 2.45) is 5.73 Å². The van der Waals surface area contributed by atoms with Gasteiger partial charge in [0.05, 0.1) is 12.1 Å². The summed E-state index contributed by atoms with van der Waals surface area (Å²) in [4.78, 5) is 11.9. The summed E-state index contributed by atoms with van der Waals surface area (Å²) in [5, 5.41) is 12.0. The summed E-state index contributed by atoms with van der Waals surface area (Å²) in [6.07, 6.45) is 3.45. The fraction of sp³-hybridized carbons (Fsp3) is 0.909. The van der Waals surface area contributed by atoms with Crippen molar-refractivity contribution in [1.82, 2.24) is 5.32 Å². The van der Waals surface area contributed by atoms with Crippen LogP contribution in [0.5, 0.6) is 0 Å². The monoisotopic (exact) mass is 248 g/mol. The normalized spacial score (nSPS) is 18.6. The van der Waals surface area contributed by atoms with E-state index in [-0.39, 0.29) is 23.8 Å². The maximum atomic E-state index is 11.9. The van der Waals surface area contributed by atoms with E-state index < -0.39 is 5.54 Å². The van der Waals surface area contributed by atoms with Crippen molar-refractivity contribution in [3.63, 3.8) is 0 Å². The van der Waals surface area contributed by atoms with Gasteiger partial charge in [-0.3, -0.25) is 4.79 Å². The lowest BCUT2D eigenvalue weighted by Gasteiger charge is -2.28. The molecule has 96 valence electrons. The van der Waals surface area contributed by atoms with Gasteiger partial charge in [-0.2, -0.15) is 11.8 Å². The second-order valence-electron chi connectivity index (χ2n) is 4.39. The van der Waals surface area contributed by atoms with Crippen molar-refractivity contribution in [3.05, 3.63) is 0 Å². The summed E-state index contributed by atoms with van der Waals surface area (Å²) in [7, 11) is 0. The molecule has 0 fully saturated rings. The lowest BCUT2D eigenvalue weighted by molar-refractivity contribution is -0.126. The molecule has 0 aromatic carbocycles. The topological polar surface area (TPSA) is 75.4 Å². The zero-order chi connectivity index (χ0) is 12.8. The van der Waals surface area contributed by atoms with Gasteiger partial charge in [0.15, 0.2) is 0 Å². The maximum absolute atomic E-state index is 11.9. The van der Waals surface area contributed by atoms with Crippen molar-refractivity contribution < 1.29 is 9.90 Å². The average molecular weight is 248 g/mol. The molecule has 0 aliphatic rings. The third-order valence-electron chi connectivity index (χ3n) is 2.69. The zero-order valence-electron chi connectivity index (χ0n) is 10.6. The van der Waals surface area contributed by atoms with Crippen LogP contribution in [0.15, 0.2) is 0 Å². The van der Waals surface area contributed by atoms with Crippen molar-refractivity contribution in [1.29, 1.82) is 0 Å². The smallest absolute Gasteiger partial charge is 0.240 e. The molecule has 0 saturated heterocycles. The Balaban J connectivity index is 4.32. The summed E-state index contributed by atoms with van der Waals surface area (Å²) in [6, 6.07) is -0.0766. The maximum Gasteiger partial charge on any atom is 0.240 e. The molecule has 0 rings (SSSR count). The van der Waals surface area contributed by atoms with Crippen LogP contribution in [0.2, 0.25) is 0 Å². The van der Waals surface area contributed by atoms with Crippen molar-refractivity contribution in [3.8, 4) is 0 Å². The highest BCUT2D eigenvalue weighted by atomic mass is 32.2. The predicted molar refractivity (Wildman–Crippen MR) is 69.5 cm³/mol. The molecular weight excluding hydrogens is 224 g/mol. The first-order valence-corrected chi connectivity index (χ1v) is 6.91. The van der Waals surface area contributed by atoms with Gasteiger partial charge in [-0.25, -0.2) is 0 Å². The lowest BCUT2D eigenvalue weighted by Crippen LogP contribution is -2.55. The Kier molecular flexibility index (Phi) is 7.03. The van der Waals surface area contributed by atoms with E-state index in [1.807, 2.05) is 20.1 Å². The van der Waals surface area contributed by atoms with E-state index >= 15 is 0 Å². The molecule has 0 saturated carbocycles. The van der Waals surface area contributed by atoms with Crippen LogP contribution < -0.4 is 11.1 Å². The van der Waals surface area contributed by atoms with Gasteiger partial charge in [0.1, 0.15) is 0 Å². The number of carbonyl (C=O) groups excluding carboxylic acids is 1. The van der Waals surface area contributed by atoms with Crippen LogP contribution in [0.1, 0.15) is 33.6 Å². The summed E-state index contributed by atoms with van der Waals surface area (Å²) in [5.74, 6) is -0.144. The molecule has 5 heteroatoms. The molecule has 0 bridgehead atoms. The molecule has 0 spiro atoms. The van der Waals surface area contributed by atoms with Gasteiger partial charge in [0.2, 0.25) is 5.91 Å². The van der Waals surface area contributed by atoms with Crippen LogP contribution in [-0.4, -0.2) is 40.7 Å². The summed E-state index contributed by atoms with van der Waals surface area (Å²) >= 11 is 1.54. The van der Waals surface area contributed by atoms with E-state index in [1.54, 1.807) is 6.92 Å². The number of rotatable bonds is 7. The fourth-order valence-electron chi connectivity index (χ4n) is 1.53. The molecule has 3 unspecified atom stereocenters. The van der Waals surface area contributed by atoms with E-state index in [0.29, 0.717) is 6.42 Å². The molecule has 4 nitrogen and oxygen atoms in total. The van der Waals surface area contributed by atoms with Crippen LogP contribution in [-0.2, 0) is 4.79 Å². The Morgan fingerprint density at radius 1 is 1.62 bits per heavy atom. The summed E-state index contributed by atoms with van der Waals surface area (Å²) < 4.78 is 0. The van der Waals surface area contributed by atoms with Crippen molar-refractivity contribution >= 4 is 17.7 Å². The Hall–Kier alpha value is -0.260. The Morgan fingerprint density at radius 2 is 2.19 bits per heavy atom. The standard InChI is InChI=1S/C11H24N2O2S/c1-5-6-11(3,12)10(15)13-8(2)9(7-14)16-4/h8-9,14H,5-7,12H2,1-4H3,(H,13,15). The lowest BCUT2D eigenvalue weighted by atomic mass is 9.96. The third kappa shape index (κ3) is 4.72. The first-order valence-electron chi connectivity index (χ1n) is 5.62. The van der Waals surface area contributed by atoms with Crippen LogP contribution in [0.4, 0.5) is 0 Å². The van der Waals surface area contributed by atoms with Gasteiger partial charge >= 0.3 is 0 Å². The second-order valence-corrected chi connectivity index (χ2v) is 5.46. The van der Waals surface area contributed by atoms with Gasteiger partial charge in [-0.05, 0) is 26.5 Å². The van der Waals surface area contributed by atoms with E-state index in [9.17, 15) is 4.79 Å². The highest BCUT2D eigenvalue weighted by molar-refractivity contribution is 7.99. The Labute approximate surface area is 102 Å². The van der Waals surface area contributed by atoms with Crippen LogP contribution in [0, 0.1) is 0 Å². The van der Waals surface area contributed by atoms with Gasteiger partial charge in [0.25, 0.3) is 0 Å². The molecule has 4 N–H and O–H groups in total. The summed E-state index contributed by atoms with van der Waals surface area (Å²) in [5.41, 5.74) is 5.10. The van der Waals surface area contributed by atoms with Crippen molar-refractivity contribution in [2.75, 3.05) is 12.9 Å². The van der Waals surface area contributed by atoms with Gasteiger partial charge in [-0.15, -0.1) is 0 Å². The highest BCUT2D eigenvalue weighted by Gasteiger charge is 2.29. The molecule has 0 heterocycles. The molecule has 0 aromatic heterocycles. The van der Waals surface area contributed by atoms with E-state index in [1.165, 1.54) is 11.8 Å². The molecule has 1 amide bonds. The third-order valence-corrected chi connectivity index (χ3v) is 3.85. The number of amides is 1. The second kappa shape index (κ2) is 7.14. The Morgan fingerprint density at radius 3 is 2.56 bits per heavy atom. The molecule has 0 aromatic rings. The SMILES string of the molecule is CCCC(C)(N)C(=O)NC(C)C(CO)SC. The van der Waals surface area contributed by atoms with Gasteiger partial charge < -0.3 is 16.2 Å². The minimum atomic E-state index is -0.818. The van der Waals surface area contributed by atoms with Gasteiger partial charge in [0, 0.05) is 11.3 Å². The Bertz CT molecular complexity index is 218. The number of hydrogen-bond donors (Lipinski definition) is 3. The number of aliphatic hydroxyl groups is 1. The predicted octanol–water partition coefficient (Wildman–Crippen LogP) is 0.733. The highest BCUT2D eigenvalue weighted by Crippen LogP contribution is 2.13. The number of thioether (sulfide) groups is 1. The van der Waals surface area contributed by atoms with Gasteiger partial charge in [-0.1, -0.05) is 13.3 Å². The minimum absolute atomic E-state index is 0.0152. The molecule has 0 aliphatic carbocycles. The molecule has 0 radical (unpaired) electrons. The van der Waals surface area contributed by atoms with Crippen LogP contribution in [0.25, 0.3) is 0 Å². The average Bonchev–Trinajstić information content (AvgIpc) is 2.19. The number of carbonyl (C=O) groups is 1. The van der Waals surface area contributed by atoms with E-state index in [4.69, 9.17) is 10.8 Å². The molecule has 16 heavy (non-hydrogen) atoms.